The van der Waals surface area contributed by atoms with Crippen molar-refractivity contribution >= 4 is 11.0 Å². The Morgan fingerprint density at radius 1 is 1.09 bits per heavy atom. The first kappa shape index (κ1) is 14.4. The van der Waals surface area contributed by atoms with Gasteiger partial charge < -0.3 is 9.47 Å². The van der Waals surface area contributed by atoms with E-state index in [1.165, 1.54) is 17.7 Å². The molecule has 1 aromatic carbocycles. The van der Waals surface area contributed by atoms with Gasteiger partial charge >= 0.3 is 0 Å². The van der Waals surface area contributed by atoms with Crippen LogP contribution in [-0.2, 0) is 0 Å². The van der Waals surface area contributed by atoms with Gasteiger partial charge in [-0.15, -0.1) is 0 Å². The van der Waals surface area contributed by atoms with Gasteiger partial charge in [0.05, 0.1) is 11.0 Å². The smallest absolute Gasteiger partial charge is 0.123 e. The molecule has 118 valence electrons. The predicted molar refractivity (Wildman–Crippen MR) is 90.5 cm³/mol. The Hall–Kier alpha value is -2.20. The molecule has 23 heavy (non-hydrogen) atoms. The number of halogens is 1. The molecule has 4 heteroatoms. The number of hydrogen-bond acceptors (Lipinski definition) is 2. The van der Waals surface area contributed by atoms with Crippen LogP contribution in [0.15, 0.2) is 48.8 Å². The maximum Gasteiger partial charge on any atom is 0.123 e. The Bertz CT molecular complexity index is 814. The highest BCUT2D eigenvalue weighted by molar-refractivity contribution is 5.82. The van der Waals surface area contributed by atoms with Crippen molar-refractivity contribution in [3.8, 4) is 5.69 Å². The minimum absolute atomic E-state index is 0.209. The molecule has 0 N–H and O–H groups in total. The highest BCUT2D eigenvalue weighted by Gasteiger charge is 2.23. The fourth-order valence-electron chi connectivity index (χ4n) is 3.52. The van der Waals surface area contributed by atoms with Crippen LogP contribution in [-0.4, -0.2) is 34.6 Å². The lowest BCUT2D eigenvalue weighted by Gasteiger charge is -2.28. The summed E-state index contributed by atoms with van der Waals surface area (Å²) in [5, 5.41) is 0. The van der Waals surface area contributed by atoms with E-state index in [4.69, 9.17) is 0 Å². The molecule has 0 atom stereocenters. The molecule has 0 bridgehead atoms. The second-order valence-electron chi connectivity index (χ2n) is 6.38. The highest BCUT2D eigenvalue weighted by Crippen LogP contribution is 2.34. The molecule has 1 saturated heterocycles. The van der Waals surface area contributed by atoms with Gasteiger partial charge in [-0.3, -0.25) is 4.98 Å². The van der Waals surface area contributed by atoms with Gasteiger partial charge in [-0.1, -0.05) is 0 Å². The monoisotopic (exact) mass is 309 g/mol. The zero-order valence-electron chi connectivity index (χ0n) is 13.2. The first-order chi connectivity index (χ1) is 11.2. The van der Waals surface area contributed by atoms with E-state index in [1.807, 2.05) is 24.4 Å². The summed E-state index contributed by atoms with van der Waals surface area (Å²) >= 11 is 0. The average molecular weight is 309 g/mol. The summed E-state index contributed by atoms with van der Waals surface area (Å²) in [4.78, 5) is 7.01. The molecule has 0 spiro atoms. The minimum Gasteiger partial charge on any atom is -0.315 e. The number of rotatable bonds is 2. The molecule has 3 nitrogen and oxygen atoms in total. The molecule has 0 amide bonds. The molecule has 1 aliphatic rings. The Kier molecular flexibility index (Phi) is 3.62. The first-order valence-corrected chi connectivity index (χ1v) is 8.13. The van der Waals surface area contributed by atoms with Crippen LogP contribution in [0.3, 0.4) is 0 Å². The van der Waals surface area contributed by atoms with Crippen LogP contribution >= 0.6 is 0 Å². The lowest BCUT2D eigenvalue weighted by atomic mass is 9.91. The van der Waals surface area contributed by atoms with Crippen LogP contribution in [0.4, 0.5) is 4.39 Å². The molecule has 0 radical (unpaired) electrons. The quantitative estimate of drug-likeness (QED) is 0.714. The van der Waals surface area contributed by atoms with Crippen molar-refractivity contribution < 1.29 is 4.39 Å². The lowest BCUT2D eigenvalue weighted by Crippen LogP contribution is -2.29. The number of aromatic nitrogens is 2. The molecule has 3 heterocycles. The fourth-order valence-corrected chi connectivity index (χ4v) is 3.52. The van der Waals surface area contributed by atoms with Crippen LogP contribution in [0.2, 0.25) is 0 Å². The summed E-state index contributed by atoms with van der Waals surface area (Å²) in [5.41, 5.74) is 4.46. The number of piperidine rings is 1. The van der Waals surface area contributed by atoms with Crippen molar-refractivity contribution in [1.29, 1.82) is 0 Å². The summed E-state index contributed by atoms with van der Waals surface area (Å²) in [6.07, 6.45) is 6.38. The summed E-state index contributed by atoms with van der Waals surface area (Å²) in [6.45, 7) is 2.25. The number of nitrogens with zero attached hydrogens (tertiary/aromatic N) is 3. The van der Waals surface area contributed by atoms with Gasteiger partial charge in [0.15, 0.2) is 0 Å². The Balaban J connectivity index is 1.81. The molecule has 3 aromatic rings. The van der Waals surface area contributed by atoms with E-state index < -0.39 is 0 Å². The fraction of sp³-hybridized carbons (Fsp3) is 0.316. The number of likely N-dealkylation sites (tertiary alicyclic amines) is 1. The Morgan fingerprint density at radius 3 is 2.57 bits per heavy atom. The molecule has 2 aromatic heterocycles. The third-order valence-electron chi connectivity index (χ3n) is 4.85. The Labute approximate surface area is 135 Å². The molecule has 0 unspecified atom stereocenters. The summed E-state index contributed by atoms with van der Waals surface area (Å²) in [6, 6.07) is 10.7. The van der Waals surface area contributed by atoms with E-state index in [-0.39, 0.29) is 5.82 Å². The molecule has 0 aliphatic carbocycles. The van der Waals surface area contributed by atoms with E-state index in [1.54, 1.807) is 0 Å². The van der Waals surface area contributed by atoms with Crippen LogP contribution in [0.25, 0.3) is 16.7 Å². The largest absolute Gasteiger partial charge is 0.315 e. The Morgan fingerprint density at radius 2 is 1.83 bits per heavy atom. The molecule has 1 fully saturated rings. The highest BCUT2D eigenvalue weighted by atomic mass is 19.1. The second-order valence-corrected chi connectivity index (χ2v) is 6.38. The minimum atomic E-state index is -0.209. The van der Waals surface area contributed by atoms with Gasteiger partial charge in [0.1, 0.15) is 5.82 Å². The van der Waals surface area contributed by atoms with Crippen LogP contribution in [0.5, 0.6) is 0 Å². The normalized spacial score (nSPS) is 17.0. The maximum absolute atomic E-state index is 13.2. The SMILES string of the molecule is CN1CCC(c2cn(-c3ccc(F)cc3)c3cccnc23)CC1. The number of hydrogen-bond donors (Lipinski definition) is 0. The van der Waals surface area contributed by atoms with Gasteiger partial charge in [0, 0.05) is 18.1 Å². The third-order valence-corrected chi connectivity index (χ3v) is 4.85. The number of fused-ring (bicyclic) bond motifs is 1. The van der Waals surface area contributed by atoms with E-state index in [2.05, 4.69) is 33.8 Å². The number of benzene rings is 1. The van der Waals surface area contributed by atoms with Crippen molar-refractivity contribution in [3.63, 3.8) is 0 Å². The van der Waals surface area contributed by atoms with Crippen molar-refractivity contribution in [2.75, 3.05) is 20.1 Å². The van der Waals surface area contributed by atoms with Crippen molar-refractivity contribution in [1.82, 2.24) is 14.5 Å². The zero-order chi connectivity index (χ0) is 15.8. The summed E-state index contributed by atoms with van der Waals surface area (Å²) in [5.74, 6) is 0.337. The van der Waals surface area contributed by atoms with Gasteiger partial charge in [-0.25, -0.2) is 4.39 Å². The average Bonchev–Trinajstić information content (AvgIpc) is 2.96. The van der Waals surface area contributed by atoms with Crippen LogP contribution < -0.4 is 0 Å². The van der Waals surface area contributed by atoms with E-state index >= 15 is 0 Å². The molecular formula is C19H20FN3. The van der Waals surface area contributed by atoms with E-state index in [9.17, 15) is 4.39 Å². The predicted octanol–water partition coefficient (Wildman–Crippen LogP) is 3.97. The second kappa shape index (κ2) is 5.78. The number of pyridine rings is 1. The molecule has 4 rings (SSSR count). The standard InChI is InChI=1S/C19H20FN3/c1-22-11-8-14(9-12-22)17-13-23(16-6-4-15(20)5-7-16)18-3-2-10-21-19(17)18/h2-7,10,13-14H,8-9,11-12H2,1H3. The summed E-state index contributed by atoms with van der Waals surface area (Å²) < 4.78 is 15.4. The zero-order valence-corrected chi connectivity index (χ0v) is 13.2. The molecular weight excluding hydrogens is 289 g/mol. The lowest BCUT2D eigenvalue weighted by molar-refractivity contribution is 0.256. The van der Waals surface area contributed by atoms with Gasteiger partial charge in [0.25, 0.3) is 0 Å². The van der Waals surface area contributed by atoms with Crippen LogP contribution in [0, 0.1) is 5.82 Å². The topological polar surface area (TPSA) is 21.1 Å². The first-order valence-electron chi connectivity index (χ1n) is 8.13. The van der Waals surface area contributed by atoms with Gasteiger partial charge in [0.2, 0.25) is 0 Å². The third kappa shape index (κ3) is 2.63. The van der Waals surface area contributed by atoms with Crippen LogP contribution in [0.1, 0.15) is 24.3 Å². The molecule has 0 saturated carbocycles. The van der Waals surface area contributed by atoms with E-state index in [0.29, 0.717) is 5.92 Å². The molecule has 1 aliphatic heterocycles. The van der Waals surface area contributed by atoms with Crippen molar-refractivity contribution in [3.05, 3.63) is 60.2 Å². The van der Waals surface area contributed by atoms with Crippen molar-refractivity contribution in [2.24, 2.45) is 0 Å². The van der Waals surface area contributed by atoms with Gasteiger partial charge in [-0.05, 0) is 80.9 Å². The van der Waals surface area contributed by atoms with Gasteiger partial charge in [-0.2, -0.15) is 0 Å². The summed E-state index contributed by atoms with van der Waals surface area (Å²) in [7, 11) is 2.18. The maximum atomic E-state index is 13.2. The van der Waals surface area contributed by atoms with Crippen molar-refractivity contribution in [2.45, 2.75) is 18.8 Å². The van der Waals surface area contributed by atoms with E-state index in [0.717, 1.165) is 42.7 Å².